The molecule has 0 aliphatic heterocycles. The second kappa shape index (κ2) is 7.20. The molecule has 1 N–H and O–H groups in total. The number of nitrogens with zero attached hydrogens (tertiary/aromatic N) is 2. The van der Waals surface area contributed by atoms with Crippen molar-refractivity contribution in [3.63, 3.8) is 0 Å². The molecular weight excluding hydrogens is 214 g/mol. The zero-order chi connectivity index (χ0) is 10.2. The zero-order valence-corrected chi connectivity index (χ0v) is 10.4. The van der Waals surface area contributed by atoms with Crippen molar-refractivity contribution in [2.24, 2.45) is 0 Å². The van der Waals surface area contributed by atoms with Gasteiger partial charge in [0, 0.05) is 5.75 Å². The van der Waals surface area contributed by atoms with Crippen LogP contribution < -0.4 is 5.32 Å². The molecule has 0 spiro atoms. The van der Waals surface area contributed by atoms with Crippen molar-refractivity contribution in [1.29, 1.82) is 0 Å². The lowest BCUT2D eigenvalue weighted by Crippen LogP contribution is -2.16. The molecule has 0 radical (unpaired) electrons. The molecule has 0 bridgehead atoms. The molecule has 1 heterocycles. The molecule has 0 unspecified atom stereocenters. The van der Waals surface area contributed by atoms with E-state index in [4.69, 9.17) is 0 Å². The topological polar surface area (TPSA) is 37.8 Å². The average molecular weight is 231 g/mol. The number of aromatic nitrogens is 2. The van der Waals surface area contributed by atoms with Crippen LogP contribution in [-0.4, -0.2) is 29.0 Å². The summed E-state index contributed by atoms with van der Waals surface area (Å²) in [6, 6.07) is 0. The summed E-state index contributed by atoms with van der Waals surface area (Å²) in [6.45, 7) is 6.41. The van der Waals surface area contributed by atoms with Crippen molar-refractivity contribution in [3.8, 4) is 0 Å². The van der Waals surface area contributed by atoms with Gasteiger partial charge in [-0.3, -0.25) is 0 Å². The fourth-order valence-corrected chi connectivity index (χ4v) is 2.82. The summed E-state index contributed by atoms with van der Waals surface area (Å²) in [5.41, 5.74) is 0. The smallest absolute Gasteiger partial charge is 0.174 e. The molecule has 0 fully saturated rings. The van der Waals surface area contributed by atoms with Crippen LogP contribution in [0.2, 0.25) is 0 Å². The van der Waals surface area contributed by atoms with Crippen LogP contribution >= 0.6 is 23.1 Å². The minimum Gasteiger partial charge on any atom is -0.317 e. The van der Waals surface area contributed by atoms with Gasteiger partial charge in [0.2, 0.25) is 0 Å². The summed E-state index contributed by atoms with van der Waals surface area (Å²) in [4.78, 5) is 0. The summed E-state index contributed by atoms with van der Waals surface area (Å²) < 4.78 is 1.10. The first-order chi connectivity index (χ1) is 6.83. The Hall–Kier alpha value is -0.130. The van der Waals surface area contributed by atoms with Gasteiger partial charge >= 0.3 is 0 Å². The quantitative estimate of drug-likeness (QED) is 0.577. The van der Waals surface area contributed by atoms with Gasteiger partial charge in [0.05, 0.1) is 0 Å². The molecule has 80 valence electrons. The van der Waals surface area contributed by atoms with Crippen LogP contribution in [-0.2, 0) is 0 Å². The minimum absolute atomic E-state index is 1.05. The largest absolute Gasteiger partial charge is 0.317 e. The van der Waals surface area contributed by atoms with Crippen molar-refractivity contribution in [3.05, 3.63) is 5.01 Å². The number of hydrogen-bond donors (Lipinski definition) is 1. The first-order valence-electron chi connectivity index (χ1n) is 4.96. The van der Waals surface area contributed by atoms with Gasteiger partial charge in [0.25, 0.3) is 0 Å². The monoisotopic (exact) mass is 231 g/mol. The number of hydrogen-bond acceptors (Lipinski definition) is 5. The molecule has 14 heavy (non-hydrogen) atoms. The Bertz CT molecular complexity index is 250. The third-order valence-electron chi connectivity index (χ3n) is 1.66. The zero-order valence-electron chi connectivity index (χ0n) is 8.75. The molecule has 5 heteroatoms. The molecule has 0 saturated heterocycles. The lowest BCUT2D eigenvalue weighted by Gasteiger charge is -2.00. The van der Waals surface area contributed by atoms with Crippen LogP contribution in [0.1, 0.15) is 24.8 Å². The highest BCUT2D eigenvalue weighted by atomic mass is 32.2. The Morgan fingerprint density at radius 3 is 2.86 bits per heavy atom. The Balaban J connectivity index is 1.99. The van der Waals surface area contributed by atoms with Gasteiger partial charge in [0.15, 0.2) is 4.34 Å². The first kappa shape index (κ1) is 11.9. The van der Waals surface area contributed by atoms with Crippen LogP contribution in [0.15, 0.2) is 4.34 Å². The van der Waals surface area contributed by atoms with Gasteiger partial charge in [-0.25, -0.2) is 0 Å². The van der Waals surface area contributed by atoms with Gasteiger partial charge in [-0.05, 0) is 32.9 Å². The standard InChI is InChI=1S/C9H17N3S2/c1-3-5-10-6-4-7-13-9-12-11-8(2)14-9/h10H,3-7H2,1-2H3. The third-order valence-corrected chi connectivity index (χ3v) is 3.72. The van der Waals surface area contributed by atoms with Gasteiger partial charge < -0.3 is 5.32 Å². The molecule has 1 rings (SSSR count). The maximum Gasteiger partial charge on any atom is 0.174 e. The van der Waals surface area contributed by atoms with E-state index in [1.807, 2.05) is 6.92 Å². The second-order valence-corrected chi connectivity index (χ2v) is 5.56. The predicted octanol–water partition coefficient (Wildman–Crippen LogP) is 2.33. The highest BCUT2D eigenvalue weighted by Gasteiger charge is 1.99. The first-order valence-corrected chi connectivity index (χ1v) is 6.76. The normalized spacial score (nSPS) is 10.7. The molecule has 0 saturated carbocycles. The van der Waals surface area contributed by atoms with E-state index in [2.05, 4.69) is 22.4 Å². The molecule has 0 amide bonds. The number of rotatable bonds is 7. The third kappa shape index (κ3) is 4.93. The Morgan fingerprint density at radius 1 is 1.36 bits per heavy atom. The molecule has 1 aromatic rings. The summed E-state index contributed by atoms with van der Waals surface area (Å²) in [5, 5.41) is 12.5. The maximum atomic E-state index is 4.06. The fraction of sp³-hybridized carbons (Fsp3) is 0.778. The molecular formula is C9H17N3S2. The Kier molecular flexibility index (Phi) is 6.14. The molecule has 0 atom stereocenters. The SMILES string of the molecule is CCCNCCCSc1nnc(C)s1. The van der Waals surface area contributed by atoms with E-state index >= 15 is 0 Å². The number of thioether (sulfide) groups is 1. The average Bonchev–Trinajstić information content (AvgIpc) is 2.58. The van der Waals surface area contributed by atoms with Crippen molar-refractivity contribution in [2.45, 2.75) is 31.0 Å². The van der Waals surface area contributed by atoms with E-state index in [-0.39, 0.29) is 0 Å². The van der Waals surface area contributed by atoms with Crippen LogP contribution in [0.5, 0.6) is 0 Å². The van der Waals surface area contributed by atoms with Gasteiger partial charge in [-0.2, -0.15) is 0 Å². The summed E-state index contributed by atoms with van der Waals surface area (Å²) in [6.07, 6.45) is 2.41. The Labute approximate surface area is 93.7 Å². The number of aryl methyl sites for hydroxylation is 1. The van der Waals surface area contributed by atoms with Crippen LogP contribution in [0.25, 0.3) is 0 Å². The summed E-state index contributed by atoms with van der Waals surface area (Å²) in [5.74, 6) is 1.13. The molecule has 0 aliphatic carbocycles. The van der Waals surface area contributed by atoms with E-state index in [1.165, 1.54) is 12.8 Å². The van der Waals surface area contributed by atoms with E-state index in [0.29, 0.717) is 0 Å². The molecule has 3 nitrogen and oxygen atoms in total. The van der Waals surface area contributed by atoms with Crippen molar-refractivity contribution >= 4 is 23.1 Å². The Morgan fingerprint density at radius 2 is 2.21 bits per heavy atom. The molecule has 0 aromatic carbocycles. The molecule has 0 aliphatic rings. The van der Waals surface area contributed by atoms with Crippen LogP contribution in [0.3, 0.4) is 0 Å². The summed E-state index contributed by atoms with van der Waals surface area (Å²) in [7, 11) is 0. The van der Waals surface area contributed by atoms with Crippen molar-refractivity contribution in [2.75, 3.05) is 18.8 Å². The molecule has 1 aromatic heterocycles. The van der Waals surface area contributed by atoms with Gasteiger partial charge in [-0.15, -0.1) is 10.2 Å². The lowest BCUT2D eigenvalue weighted by atomic mass is 10.4. The van der Waals surface area contributed by atoms with Crippen LogP contribution in [0.4, 0.5) is 0 Å². The van der Waals surface area contributed by atoms with Crippen molar-refractivity contribution in [1.82, 2.24) is 15.5 Å². The van der Waals surface area contributed by atoms with Crippen LogP contribution in [0, 0.1) is 6.92 Å². The maximum absolute atomic E-state index is 4.06. The second-order valence-electron chi connectivity index (χ2n) is 3.04. The van der Waals surface area contributed by atoms with Crippen molar-refractivity contribution < 1.29 is 0 Å². The minimum atomic E-state index is 1.05. The summed E-state index contributed by atoms with van der Waals surface area (Å²) >= 11 is 3.48. The highest BCUT2D eigenvalue weighted by molar-refractivity contribution is 8.01. The van der Waals surface area contributed by atoms with Gasteiger partial charge in [-0.1, -0.05) is 30.0 Å². The predicted molar refractivity (Wildman–Crippen MR) is 63.1 cm³/mol. The fourth-order valence-electron chi connectivity index (χ4n) is 0.995. The highest BCUT2D eigenvalue weighted by Crippen LogP contribution is 2.21. The number of nitrogens with one attached hydrogen (secondary N) is 1. The lowest BCUT2D eigenvalue weighted by molar-refractivity contribution is 0.664. The van der Waals surface area contributed by atoms with E-state index < -0.39 is 0 Å². The van der Waals surface area contributed by atoms with E-state index in [0.717, 1.165) is 28.2 Å². The van der Waals surface area contributed by atoms with E-state index in [9.17, 15) is 0 Å². The van der Waals surface area contributed by atoms with E-state index in [1.54, 1.807) is 23.1 Å². The van der Waals surface area contributed by atoms with Gasteiger partial charge in [0.1, 0.15) is 5.01 Å².